The third-order valence-electron chi connectivity index (χ3n) is 8.37. The number of rotatable bonds is 12. The van der Waals surface area contributed by atoms with Gasteiger partial charge in [0.25, 0.3) is 0 Å². The fraction of sp³-hybridized carbons (Fsp3) is 0.350. The Bertz CT molecular complexity index is 2020. The molecule has 0 fully saturated rings. The molecule has 6 aromatic rings. The molecule has 0 N–H and O–H groups in total. The van der Waals surface area contributed by atoms with Crippen molar-refractivity contribution in [3.05, 3.63) is 96.4 Å². The standard InChI is InChI=1S/C40H45N5O3/c1-6-8-9-12-25-44-37(43-33-16-13-24-41-38(33)44)30-22-23-32-34(26-30)45(36(42-32)14-7-2)27-28-18-20-29(21-19-28)31-15-10-11-17-35(31)47-39(46)48-40(3,4)5/h10-11,13,15-24,26H,6-9,12,14,25,27H2,1-5H3. The van der Waals surface area contributed by atoms with Crippen LogP contribution in [0.2, 0.25) is 0 Å². The van der Waals surface area contributed by atoms with E-state index >= 15 is 0 Å². The second-order valence-corrected chi connectivity index (χ2v) is 13.3. The Morgan fingerprint density at radius 3 is 2.35 bits per heavy atom. The summed E-state index contributed by atoms with van der Waals surface area (Å²) in [5, 5.41) is 0. The van der Waals surface area contributed by atoms with Crippen LogP contribution >= 0.6 is 0 Å². The second-order valence-electron chi connectivity index (χ2n) is 13.3. The number of pyridine rings is 1. The number of hydrogen-bond acceptors (Lipinski definition) is 6. The minimum absolute atomic E-state index is 0.462. The molecular weight excluding hydrogens is 598 g/mol. The Balaban J connectivity index is 1.31. The highest BCUT2D eigenvalue weighted by atomic mass is 16.7. The number of hydrogen-bond donors (Lipinski definition) is 0. The molecule has 8 heteroatoms. The minimum Gasteiger partial charge on any atom is -0.428 e. The maximum Gasteiger partial charge on any atom is 0.514 e. The number of para-hydroxylation sites is 1. The summed E-state index contributed by atoms with van der Waals surface area (Å²) in [6, 6.07) is 26.4. The smallest absolute Gasteiger partial charge is 0.428 e. The zero-order valence-electron chi connectivity index (χ0n) is 28.7. The van der Waals surface area contributed by atoms with Crippen LogP contribution in [0.3, 0.4) is 0 Å². The summed E-state index contributed by atoms with van der Waals surface area (Å²) in [5.41, 5.74) is 7.29. The van der Waals surface area contributed by atoms with E-state index in [2.05, 4.69) is 65.4 Å². The van der Waals surface area contributed by atoms with Crippen LogP contribution in [0.25, 0.3) is 44.7 Å². The van der Waals surface area contributed by atoms with E-state index in [4.69, 9.17) is 24.4 Å². The Morgan fingerprint density at radius 2 is 1.58 bits per heavy atom. The first-order chi connectivity index (χ1) is 23.2. The summed E-state index contributed by atoms with van der Waals surface area (Å²) >= 11 is 0. The lowest BCUT2D eigenvalue weighted by Crippen LogP contribution is -2.26. The number of fused-ring (bicyclic) bond motifs is 2. The monoisotopic (exact) mass is 643 g/mol. The molecule has 0 atom stereocenters. The van der Waals surface area contributed by atoms with E-state index in [1.165, 1.54) is 19.3 Å². The van der Waals surface area contributed by atoms with Gasteiger partial charge in [0.2, 0.25) is 0 Å². The molecule has 0 aliphatic rings. The number of benzene rings is 3. The predicted molar refractivity (Wildman–Crippen MR) is 192 cm³/mol. The molecule has 0 aliphatic heterocycles. The number of ether oxygens (including phenoxy) is 2. The van der Waals surface area contributed by atoms with Crippen molar-refractivity contribution < 1.29 is 14.3 Å². The van der Waals surface area contributed by atoms with Crippen molar-refractivity contribution >= 4 is 28.4 Å². The van der Waals surface area contributed by atoms with E-state index in [1.54, 1.807) is 6.07 Å². The number of imidazole rings is 2. The van der Waals surface area contributed by atoms with Crippen molar-refractivity contribution in [3.63, 3.8) is 0 Å². The molecule has 0 unspecified atom stereocenters. The Kier molecular flexibility index (Phi) is 9.90. The summed E-state index contributed by atoms with van der Waals surface area (Å²) in [5.74, 6) is 2.48. The predicted octanol–water partition coefficient (Wildman–Crippen LogP) is 10.0. The average molecular weight is 644 g/mol. The summed E-state index contributed by atoms with van der Waals surface area (Å²) in [4.78, 5) is 27.2. The number of carbonyl (C=O) groups is 1. The van der Waals surface area contributed by atoms with Crippen LogP contribution in [0, 0.1) is 0 Å². The van der Waals surface area contributed by atoms with Crippen molar-refractivity contribution in [1.29, 1.82) is 0 Å². The molecule has 3 aromatic heterocycles. The van der Waals surface area contributed by atoms with Gasteiger partial charge in [0.15, 0.2) is 5.65 Å². The van der Waals surface area contributed by atoms with Gasteiger partial charge < -0.3 is 18.6 Å². The highest BCUT2D eigenvalue weighted by molar-refractivity contribution is 5.84. The zero-order valence-corrected chi connectivity index (χ0v) is 28.7. The minimum atomic E-state index is -0.718. The summed E-state index contributed by atoms with van der Waals surface area (Å²) in [6.07, 6.45) is 7.74. The van der Waals surface area contributed by atoms with E-state index in [9.17, 15) is 4.79 Å². The lowest BCUT2D eigenvalue weighted by Gasteiger charge is -2.19. The molecule has 0 saturated carbocycles. The summed E-state index contributed by atoms with van der Waals surface area (Å²) in [6.45, 7) is 11.5. The van der Waals surface area contributed by atoms with Crippen molar-refractivity contribution in [2.45, 2.75) is 91.8 Å². The number of carbonyl (C=O) groups excluding carboxylic acids is 1. The van der Waals surface area contributed by atoms with Crippen LogP contribution in [0.5, 0.6) is 5.75 Å². The second kappa shape index (κ2) is 14.4. The van der Waals surface area contributed by atoms with Crippen LogP contribution in [0.4, 0.5) is 4.79 Å². The molecule has 8 nitrogen and oxygen atoms in total. The molecule has 48 heavy (non-hydrogen) atoms. The molecule has 3 heterocycles. The van der Waals surface area contributed by atoms with Crippen LogP contribution < -0.4 is 4.74 Å². The van der Waals surface area contributed by atoms with E-state index in [0.717, 1.165) is 81.9 Å². The van der Waals surface area contributed by atoms with Gasteiger partial charge in [-0.2, -0.15) is 0 Å². The largest absolute Gasteiger partial charge is 0.514 e. The molecule has 3 aromatic carbocycles. The van der Waals surface area contributed by atoms with Crippen LogP contribution in [-0.4, -0.2) is 35.8 Å². The average Bonchev–Trinajstić information content (AvgIpc) is 3.60. The first-order valence-electron chi connectivity index (χ1n) is 17.1. The van der Waals surface area contributed by atoms with Gasteiger partial charge in [-0.1, -0.05) is 75.6 Å². The molecule has 248 valence electrons. The van der Waals surface area contributed by atoms with E-state index in [-0.39, 0.29) is 0 Å². The Morgan fingerprint density at radius 1 is 0.792 bits per heavy atom. The van der Waals surface area contributed by atoms with Gasteiger partial charge in [-0.15, -0.1) is 0 Å². The van der Waals surface area contributed by atoms with Crippen molar-refractivity contribution in [2.75, 3.05) is 0 Å². The number of unbranched alkanes of at least 4 members (excludes halogenated alkanes) is 3. The highest BCUT2D eigenvalue weighted by Crippen LogP contribution is 2.32. The maximum absolute atomic E-state index is 12.4. The molecule has 0 aliphatic carbocycles. The molecular formula is C40H45N5O3. The van der Waals surface area contributed by atoms with Gasteiger partial charge in [0, 0.05) is 36.8 Å². The summed E-state index contributed by atoms with van der Waals surface area (Å²) < 4.78 is 15.6. The molecule has 0 spiro atoms. The Hall–Kier alpha value is -4.98. The van der Waals surface area contributed by atoms with Gasteiger partial charge in [0.05, 0.1) is 11.0 Å². The van der Waals surface area contributed by atoms with E-state index in [0.29, 0.717) is 12.3 Å². The molecule has 0 bridgehead atoms. The van der Waals surface area contributed by atoms with Gasteiger partial charge in [-0.25, -0.2) is 19.7 Å². The number of nitrogens with zero attached hydrogens (tertiary/aromatic N) is 5. The topological polar surface area (TPSA) is 84.1 Å². The van der Waals surface area contributed by atoms with Crippen molar-refractivity contribution in [3.8, 4) is 28.3 Å². The van der Waals surface area contributed by atoms with Crippen LogP contribution in [0.1, 0.15) is 78.1 Å². The lowest BCUT2D eigenvalue weighted by molar-refractivity contribution is 0.0207. The summed E-state index contributed by atoms with van der Waals surface area (Å²) in [7, 11) is 0. The van der Waals surface area contributed by atoms with Crippen LogP contribution in [0.15, 0.2) is 85.1 Å². The zero-order chi connectivity index (χ0) is 33.7. The quantitative estimate of drug-likeness (QED) is 0.0750. The van der Waals surface area contributed by atoms with E-state index in [1.807, 2.05) is 57.3 Å². The van der Waals surface area contributed by atoms with Gasteiger partial charge >= 0.3 is 6.16 Å². The molecule has 6 rings (SSSR count). The first kappa shape index (κ1) is 32.9. The normalized spacial score (nSPS) is 11.8. The Labute approximate surface area is 282 Å². The fourth-order valence-corrected chi connectivity index (χ4v) is 6.12. The molecule has 0 amide bonds. The van der Waals surface area contributed by atoms with Crippen LogP contribution in [-0.2, 0) is 24.2 Å². The van der Waals surface area contributed by atoms with Gasteiger partial charge in [-0.3, -0.25) is 0 Å². The maximum atomic E-state index is 12.4. The third-order valence-corrected chi connectivity index (χ3v) is 8.37. The van der Waals surface area contributed by atoms with E-state index < -0.39 is 11.8 Å². The van der Waals surface area contributed by atoms with Crippen molar-refractivity contribution in [2.24, 2.45) is 0 Å². The van der Waals surface area contributed by atoms with Crippen molar-refractivity contribution in [1.82, 2.24) is 24.1 Å². The molecule has 0 saturated heterocycles. The van der Waals surface area contributed by atoms with Gasteiger partial charge in [0.1, 0.15) is 28.5 Å². The number of aryl methyl sites for hydroxylation is 2. The lowest BCUT2D eigenvalue weighted by atomic mass is 10.0. The fourth-order valence-electron chi connectivity index (χ4n) is 6.12. The van der Waals surface area contributed by atoms with Gasteiger partial charge in [-0.05, 0) is 81.1 Å². The molecule has 0 radical (unpaired) electrons. The first-order valence-corrected chi connectivity index (χ1v) is 17.1. The third kappa shape index (κ3) is 7.43. The highest BCUT2D eigenvalue weighted by Gasteiger charge is 2.20. The SMILES string of the molecule is CCCCCCn1c(-c2ccc3nc(CCC)n(Cc4ccc(-c5ccccc5OC(=O)OC(C)(C)C)cc4)c3c2)nc2cccnc21. The number of aromatic nitrogens is 5.